The number of pyridine rings is 1. The zero-order chi connectivity index (χ0) is 18.7. The van der Waals surface area contributed by atoms with Gasteiger partial charge in [0.05, 0.1) is 18.5 Å². The highest BCUT2D eigenvalue weighted by molar-refractivity contribution is 6.34. The molecular weight excluding hydrogens is 361 g/mol. The van der Waals surface area contributed by atoms with Crippen molar-refractivity contribution in [3.63, 3.8) is 0 Å². The van der Waals surface area contributed by atoms with Crippen LogP contribution in [0.4, 0.5) is 4.39 Å². The molecule has 8 heteroatoms. The van der Waals surface area contributed by atoms with E-state index in [0.717, 1.165) is 0 Å². The maximum Gasteiger partial charge on any atom is 0.346 e. The molecule has 0 amide bonds. The molecule has 2 aromatic heterocycles. The number of carbonyl (C=O) groups excluding carboxylic acids is 1. The van der Waals surface area contributed by atoms with Gasteiger partial charge in [-0.3, -0.25) is 0 Å². The van der Waals surface area contributed by atoms with Gasteiger partial charge in [0.15, 0.2) is 6.10 Å². The quantitative estimate of drug-likeness (QED) is 0.503. The van der Waals surface area contributed by atoms with Gasteiger partial charge in [-0.2, -0.15) is 4.39 Å². The third-order valence-electron chi connectivity index (χ3n) is 3.62. The topological polar surface area (TPSA) is 66.2 Å². The van der Waals surface area contributed by atoms with E-state index in [4.69, 9.17) is 16.3 Å². The second-order valence-corrected chi connectivity index (χ2v) is 5.75. The van der Waals surface area contributed by atoms with E-state index in [2.05, 4.69) is 14.8 Å². The Morgan fingerprint density at radius 2 is 1.96 bits per heavy atom. The van der Waals surface area contributed by atoms with Gasteiger partial charge in [-0.15, -0.1) is 5.10 Å². The Kier molecular flexibility index (Phi) is 5.18. The van der Waals surface area contributed by atoms with E-state index in [1.54, 1.807) is 4.68 Å². The number of para-hydroxylation sites is 1. The van der Waals surface area contributed by atoms with Crippen molar-refractivity contribution in [3.8, 4) is 22.8 Å². The highest BCUT2D eigenvalue weighted by Gasteiger charge is 2.24. The molecule has 0 radical (unpaired) electrons. The lowest BCUT2D eigenvalue weighted by Gasteiger charge is -2.09. The molecule has 0 fully saturated rings. The van der Waals surface area contributed by atoms with Crippen molar-refractivity contribution in [1.29, 1.82) is 0 Å². The van der Waals surface area contributed by atoms with E-state index >= 15 is 0 Å². The normalized spacial score (nSPS) is 11.8. The molecule has 0 saturated carbocycles. The van der Waals surface area contributed by atoms with Gasteiger partial charge in [-0.1, -0.05) is 29.8 Å². The van der Waals surface area contributed by atoms with E-state index in [-0.39, 0.29) is 10.9 Å². The number of esters is 1. The molecule has 0 spiro atoms. The summed E-state index contributed by atoms with van der Waals surface area (Å²) in [4.78, 5) is 15.3. The number of methoxy groups -OCH3 is 1. The number of nitrogens with zero attached hydrogens (tertiary/aromatic N) is 3. The molecule has 0 aliphatic carbocycles. The van der Waals surface area contributed by atoms with Crippen molar-refractivity contribution in [2.45, 2.75) is 13.0 Å². The van der Waals surface area contributed by atoms with E-state index < -0.39 is 18.0 Å². The van der Waals surface area contributed by atoms with Crippen molar-refractivity contribution < 1.29 is 18.7 Å². The molecule has 0 aliphatic rings. The number of hydrogen-bond acceptors (Lipinski definition) is 5. The van der Waals surface area contributed by atoms with Crippen molar-refractivity contribution in [3.05, 3.63) is 59.6 Å². The van der Waals surface area contributed by atoms with Crippen LogP contribution in [0.3, 0.4) is 0 Å². The molecule has 6 nitrogen and oxygen atoms in total. The second kappa shape index (κ2) is 7.53. The van der Waals surface area contributed by atoms with E-state index in [0.29, 0.717) is 16.9 Å². The lowest BCUT2D eigenvalue weighted by atomic mass is 10.2. The first-order valence-electron chi connectivity index (χ1n) is 7.71. The fourth-order valence-corrected chi connectivity index (χ4v) is 2.63. The van der Waals surface area contributed by atoms with Crippen LogP contribution in [-0.4, -0.2) is 33.9 Å². The molecule has 0 saturated heterocycles. The predicted molar refractivity (Wildman–Crippen MR) is 93.9 cm³/mol. The Bertz CT molecular complexity index is 913. The van der Waals surface area contributed by atoms with Crippen LogP contribution < -0.4 is 4.74 Å². The predicted octanol–water partition coefficient (Wildman–Crippen LogP) is 3.67. The Morgan fingerprint density at radius 3 is 2.58 bits per heavy atom. The summed E-state index contributed by atoms with van der Waals surface area (Å²) in [5.74, 6) is -1.10. The Labute approximate surface area is 154 Å². The zero-order valence-corrected chi connectivity index (χ0v) is 14.8. The minimum absolute atomic E-state index is 0.0627. The summed E-state index contributed by atoms with van der Waals surface area (Å²) < 4.78 is 24.9. The van der Waals surface area contributed by atoms with Crippen LogP contribution >= 0.6 is 11.6 Å². The molecule has 0 aliphatic heterocycles. The van der Waals surface area contributed by atoms with Gasteiger partial charge in [0.2, 0.25) is 5.95 Å². The average molecular weight is 376 g/mol. The molecule has 3 rings (SSSR count). The van der Waals surface area contributed by atoms with Crippen LogP contribution in [0.1, 0.15) is 6.92 Å². The van der Waals surface area contributed by atoms with E-state index in [9.17, 15) is 9.18 Å². The molecule has 1 unspecified atom stereocenters. The highest BCUT2D eigenvalue weighted by Crippen LogP contribution is 2.37. The fourth-order valence-electron chi connectivity index (χ4n) is 2.36. The molecule has 0 bridgehead atoms. The number of benzene rings is 1. The van der Waals surface area contributed by atoms with Crippen LogP contribution in [-0.2, 0) is 9.53 Å². The Morgan fingerprint density at radius 1 is 1.23 bits per heavy atom. The zero-order valence-electron chi connectivity index (χ0n) is 14.0. The molecule has 3 aromatic rings. The number of hydrogen-bond donors (Lipinski definition) is 0. The SMILES string of the molecule is COC(=O)C(C)Oc1nn(-c2ccccc2)c(-c2ccc(F)nc2)c1Cl. The van der Waals surface area contributed by atoms with Gasteiger partial charge in [0.25, 0.3) is 5.88 Å². The van der Waals surface area contributed by atoms with Gasteiger partial charge < -0.3 is 9.47 Å². The van der Waals surface area contributed by atoms with Gasteiger partial charge >= 0.3 is 5.97 Å². The smallest absolute Gasteiger partial charge is 0.346 e. The standard InChI is InChI=1S/C18H15ClFN3O3/c1-11(18(24)25-2)26-17-15(19)16(12-8-9-14(20)21-10-12)23(22-17)13-6-4-3-5-7-13/h3-11H,1-2H3. The van der Waals surface area contributed by atoms with Crippen molar-refractivity contribution >= 4 is 17.6 Å². The summed E-state index contributed by atoms with van der Waals surface area (Å²) in [5.41, 5.74) is 1.74. The summed E-state index contributed by atoms with van der Waals surface area (Å²) in [5, 5.41) is 4.55. The van der Waals surface area contributed by atoms with Crippen molar-refractivity contribution in [1.82, 2.24) is 14.8 Å². The van der Waals surface area contributed by atoms with Crippen LogP contribution in [0, 0.1) is 5.95 Å². The first-order chi connectivity index (χ1) is 12.5. The fraction of sp³-hybridized carbons (Fsp3) is 0.167. The Balaban J connectivity index is 2.11. The molecular formula is C18H15ClFN3O3. The number of carbonyl (C=O) groups is 1. The van der Waals surface area contributed by atoms with Gasteiger partial charge in [0.1, 0.15) is 5.02 Å². The van der Waals surface area contributed by atoms with Crippen molar-refractivity contribution in [2.24, 2.45) is 0 Å². The number of aromatic nitrogens is 3. The maximum atomic E-state index is 13.2. The average Bonchev–Trinajstić information content (AvgIpc) is 2.99. The molecule has 1 aromatic carbocycles. The van der Waals surface area contributed by atoms with Crippen LogP contribution in [0.25, 0.3) is 16.9 Å². The number of rotatable bonds is 5. The first-order valence-corrected chi connectivity index (χ1v) is 8.09. The second-order valence-electron chi connectivity index (χ2n) is 5.37. The van der Waals surface area contributed by atoms with Gasteiger partial charge in [0, 0.05) is 11.8 Å². The highest BCUT2D eigenvalue weighted by atomic mass is 35.5. The van der Waals surface area contributed by atoms with Gasteiger partial charge in [-0.05, 0) is 31.2 Å². The van der Waals surface area contributed by atoms with E-state index in [1.807, 2.05) is 30.3 Å². The van der Waals surface area contributed by atoms with Crippen LogP contribution in [0.2, 0.25) is 5.02 Å². The summed E-state index contributed by atoms with van der Waals surface area (Å²) in [6, 6.07) is 12.0. The van der Waals surface area contributed by atoms with E-state index in [1.165, 1.54) is 32.4 Å². The monoisotopic (exact) mass is 375 g/mol. The minimum atomic E-state index is -0.893. The maximum absolute atomic E-state index is 13.2. The minimum Gasteiger partial charge on any atom is -0.466 e. The first kappa shape index (κ1) is 17.9. The largest absolute Gasteiger partial charge is 0.466 e. The molecule has 1 atom stereocenters. The lowest BCUT2D eigenvalue weighted by molar-refractivity contribution is -0.148. The van der Waals surface area contributed by atoms with Crippen molar-refractivity contribution in [2.75, 3.05) is 7.11 Å². The molecule has 134 valence electrons. The summed E-state index contributed by atoms with van der Waals surface area (Å²) >= 11 is 6.46. The number of ether oxygens (including phenoxy) is 2. The van der Waals surface area contributed by atoms with Crippen LogP contribution in [0.5, 0.6) is 5.88 Å². The third-order valence-corrected chi connectivity index (χ3v) is 3.96. The lowest BCUT2D eigenvalue weighted by Crippen LogP contribution is -2.25. The molecule has 2 heterocycles. The molecule has 26 heavy (non-hydrogen) atoms. The summed E-state index contributed by atoms with van der Waals surface area (Å²) in [7, 11) is 1.27. The summed E-state index contributed by atoms with van der Waals surface area (Å²) in [6.45, 7) is 1.53. The number of halogens is 2. The summed E-state index contributed by atoms with van der Waals surface area (Å²) in [6.07, 6.45) is 0.460. The Hall–Kier alpha value is -2.93. The van der Waals surface area contributed by atoms with Crippen LogP contribution in [0.15, 0.2) is 48.7 Å². The molecule has 0 N–H and O–H groups in total. The van der Waals surface area contributed by atoms with Gasteiger partial charge in [-0.25, -0.2) is 14.5 Å². The third kappa shape index (κ3) is 3.52.